The second-order valence-electron chi connectivity index (χ2n) is 4.31. The van der Waals surface area contributed by atoms with E-state index in [1.165, 1.54) is 17.5 Å². The van der Waals surface area contributed by atoms with Crippen molar-refractivity contribution in [3.05, 3.63) is 35.4 Å². The highest BCUT2D eigenvalue weighted by Gasteiger charge is 2.09. The lowest BCUT2D eigenvalue weighted by molar-refractivity contribution is 0.206. The molecule has 0 heterocycles. The molecule has 0 bridgehead atoms. The van der Waals surface area contributed by atoms with Crippen molar-refractivity contribution in [3.63, 3.8) is 0 Å². The number of hydrogen-bond donors (Lipinski definition) is 0. The zero-order valence-corrected chi connectivity index (χ0v) is 10.5. The summed E-state index contributed by atoms with van der Waals surface area (Å²) >= 11 is 0. The number of hydrogen-bond acceptors (Lipinski definition) is 1. The molecule has 0 aliphatic rings. The van der Waals surface area contributed by atoms with Crippen LogP contribution in [0.1, 0.15) is 38.3 Å². The molecule has 0 aromatic heterocycles. The lowest BCUT2D eigenvalue weighted by Crippen LogP contribution is -2.31. The largest absolute Gasteiger partial charge is 0.297 e. The molecule has 0 amide bonds. The molecule has 84 valence electrons. The van der Waals surface area contributed by atoms with E-state index in [0.29, 0.717) is 6.04 Å². The van der Waals surface area contributed by atoms with Crippen LogP contribution in [0, 0.1) is 6.92 Å². The lowest BCUT2D eigenvalue weighted by atomic mass is 10.1. The standard InChI is InChI=1S/C14H23N/c1-5-13(4)15(6-2)11-14-9-7-8-12(3)10-14/h7-10,13H,5-6,11H2,1-4H3. The minimum absolute atomic E-state index is 0.676. The van der Waals surface area contributed by atoms with E-state index in [1.54, 1.807) is 0 Å². The van der Waals surface area contributed by atoms with Crippen LogP contribution in [-0.4, -0.2) is 17.5 Å². The first kappa shape index (κ1) is 12.3. The number of benzene rings is 1. The fraction of sp³-hybridized carbons (Fsp3) is 0.571. The van der Waals surface area contributed by atoms with Gasteiger partial charge in [-0.3, -0.25) is 4.90 Å². The molecular weight excluding hydrogens is 182 g/mol. The van der Waals surface area contributed by atoms with Gasteiger partial charge in [0.05, 0.1) is 0 Å². The Balaban J connectivity index is 2.66. The van der Waals surface area contributed by atoms with Gasteiger partial charge in [-0.15, -0.1) is 0 Å². The van der Waals surface area contributed by atoms with Gasteiger partial charge in [-0.05, 0) is 32.4 Å². The van der Waals surface area contributed by atoms with Crippen LogP contribution < -0.4 is 0 Å². The normalized spacial score (nSPS) is 13.1. The minimum atomic E-state index is 0.676. The summed E-state index contributed by atoms with van der Waals surface area (Å²) in [5.41, 5.74) is 2.78. The van der Waals surface area contributed by atoms with Gasteiger partial charge in [-0.2, -0.15) is 0 Å². The van der Waals surface area contributed by atoms with Crippen LogP contribution in [0.5, 0.6) is 0 Å². The van der Waals surface area contributed by atoms with E-state index < -0.39 is 0 Å². The molecule has 0 N–H and O–H groups in total. The molecule has 0 fully saturated rings. The molecule has 15 heavy (non-hydrogen) atoms. The van der Waals surface area contributed by atoms with Crippen LogP contribution in [0.3, 0.4) is 0 Å². The zero-order chi connectivity index (χ0) is 11.3. The maximum atomic E-state index is 2.52. The SMILES string of the molecule is CCC(C)N(CC)Cc1cccc(C)c1. The third-order valence-electron chi connectivity index (χ3n) is 3.09. The average molecular weight is 205 g/mol. The van der Waals surface area contributed by atoms with E-state index in [9.17, 15) is 0 Å². The molecule has 0 saturated heterocycles. The molecular formula is C14H23N. The molecule has 1 rings (SSSR count). The zero-order valence-electron chi connectivity index (χ0n) is 10.5. The highest BCUT2D eigenvalue weighted by atomic mass is 15.1. The number of aryl methyl sites for hydroxylation is 1. The van der Waals surface area contributed by atoms with Crippen molar-refractivity contribution in [3.8, 4) is 0 Å². The molecule has 1 atom stereocenters. The van der Waals surface area contributed by atoms with Gasteiger partial charge in [0.15, 0.2) is 0 Å². The Morgan fingerprint density at radius 3 is 2.53 bits per heavy atom. The maximum Gasteiger partial charge on any atom is 0.0236 e. The average Bonchev–Trinajstić information content (AvgIpc) is 2.25. The Hall–Kier alpha value is -0.820. The highest BCUT2D eigenvalue weighted by Crippen LogP contribution is 2.11. The highest BCUT2D eigenvalue weighted by molar-refractivity contribution is 5.22. The molecule has 0 aliphatic heterocycles. The summed E-state index contributed by atoms with van der Waals surface area (Å²) in [6.45, 7) is 11.2. The summed E-state index contributed by atoms with van der Waals surface area (Å²) in [4.78, 5) is 2.52. The molecule has 1 heteroatoms. The van der Waals surface area contributed by atoms with Gasteiger partial charge in [0, 0.05) is 12.6 Å². The second kappa shape index (κ2) is 5.92. The molecule has 1 aromatic rings. The first-order valence-corrected chi connectivity index (χ1v) is 5.97. The first-order chi connectivity index (χ1) is 7.17. The quantitative estimate of drug-likeness (QED) is 0.709. The van der Waals surface area contributed by atoms with Gasteiger partial charge in [0.25, 0.3) is 0 Å². The number of nitrogens with zero attached hydrogens (tertiary/aromatic N) is 1. The van der Waals surface area contributed by atoms with Crippen LogP contribution in [-0.2, 0) is 6.54 Å². The predicted octanol–water partition coefficient (Wildman–Crippen LogP) is 3.62. The number of rotatable bonds is 5. The summed E-state index contributed by atoms with van der Waals surface area (Å²) in [6.07, 6.45) is 1.22. The Morgan fingerprint density at radius 2 is 2.00 bits per heavy atom. The van der Waals surface area contributed by atoms with Crippen molar-refractivity contribution in [2.45, 2.75) is 46.7 Å². The van der Waals surface area contributed by atoms with E-state index in [2.05, 4.69) is 56.9 Å². The van der Waals surface area contributed by atoms with Crippen LogP contribution in [0.2, 0.25) is 0 Å². The van der Waals surface area contributed by atoms with E-state index in [4.69, 9.17) is 0 Å². The lowest BCUT2D eigenvalue weighted by Gasteiger charge is -2.27. The smallest absolute Gasteiger partial charge is 0.0236 e. The second-order valence-corrected chi connectivity index (χ2v) is 4.31. The molecule has 1 unspecified atom stereocenters. The van der Waals surface area contributed by atoms with Crippen LogP contribution in [0.4, 0.5) is 0 Å². The first-order valence-electron chi connectivity index (χ1n) is 5.97. The van der Waals surface area contributed by atoms with Crippen molar-refractivity contribution < 1.29 is 0 Å². The van der Waals surface area contributed by atoms with Crippen molar-refractivity contribution in [2.75, 3.05) is 6.54 Å². The third kappa shape index (κ3) is 3.67. The van der Waals surface area contributed by atoms with Gasteiger partial charge < -0.3 is 0 Å². The molecule has 0 spiro atoms. The van der Waals surface area contributed by atoms with Crippen LogP contribution in [0.25, 0.3) is 0 Å². The van der Waals surface area contributed by atoms with Crippen molar-refractivity contribution in [2.24, 2.45) is 0 Å². The Kier molecular flexibility index (Phi) is 4.83. The van der Waals surface area contributed by atoms with Crippen molar-refractivity contribution >= 4 is 0 Å². The molecule has 1 aromatic carbocycles. The van der Waals surface area contributed by atoms with E-state index >= 15 is 0 Å². The Morgan fingerprint density at radius 1 is 1.27 bits per heavy atom. The van der Waals surface area contributed by atoms with Gasteiger partial charge in [-0.25, -0.2) is 0 Å². The van der Waals surface area contributed by atoms with Gasteiger partial charge in [0.2, 0.25) is 0 Å². The van der Waals surface area contributed by atoms with E-state index in [1.807, 2.05) is 0 Å². The topological polar surface area (TPSA) is 3.24 Å². The van der Waals surface area contributed by atoms with E-state index in [-0.39, 0.29) is 0 Å². The fourth-order valence-electron chi connectivity index (χ4n) is 1.88. The monoisotopic (exact) mass is 205 g/mol. The minimum Gasteiger partial charge on any atom is -0.297 e. The van der Waals surface area contributed by atoms with Gasteiger partial charge in [-0.1, -0.05) is 43.7 Å². The summed E-state index contributed by atoms with van der Waals surface area (Å²) in [6, 6.07) is 9.48. The Bertz CT molecular complexity index is 293. The molecule has 0 aliphatic carbocycles. The Labute approximate surface area is 94.1 Å². The maximum absolute atomic E-state index is 2.52. The summed E-state index contributed by atoms with van der Waals surface area (Å²) in [5.74, 6) is 0. The predicted molar refractivity (Wildman–Crippen MR) is 67.0 cm³/mol. The van der Waals surface area contributed by atoms with Crippen molar-refractivity contribution in [1.29, 1.82) is 0 Å². The van der Waals surface area contributed by atoms with E-state index in [0.717, 1.165) is 13.1 Å². The summed E-state index contributed by atoms with van der Waals surface area (Å²) in [5, 5.41) is 0. The van der Waals surface area contributed by atoms with Gasteiger partial charge in [0.1, 0.15) is 0 Å². The third-order valence-corrected chi connectivity index (χ3v) is 3.09. The molecule has 0 saturated carbocycles. The van der Waals surface area contributed by atoms with Crippen LogP contribution >= 0.6 is 0 Å². The molecule has 0 radical (unpaired) electrons. The van der Waals surface area contributed by atoms with Crippen LogP contribution in [0.15, 0.2) is 24.3 Å². The van der Waals surface area contributed by atoms with Crippen molar-refractivity contribution in [1.82, 2.24) is 4.90 Å². The fourth-order valence-corrected chi connectivity index (χ4v) is 1.88. The summed E-state index contributed by atoms with van der Waals surface area (Å²) < 4.78 is 0. The summed E-state index contributed by atoms with van der Waals surface area (Å²) in [7, 11) is 0. The molecule has 1 nitrogen and oxygen atoms in total. The van der Waals surface area contributed by atoms with Gasteiger partial charge >= 0.3 is 0 Å².